The summed E-state index contributed by atoms with van der Waals surface area (Å²) in [7, 11) is 0. The van der Waals surface area contributed by atoms with Crippen molar-refractivity contribution in [3.05, 3.63) is 72.3 Å². The molecule has 1 unspecified atom stereocenters. The highest BCUT2D eigenvalue weighted by Crippen LogP contribution is 2.36. The zero-order valence-electron chi connectivity index (χ0n) is 23.6. The van der Waals surface area contributed by atoms with E-state index in [2.05, 4.69) is 20.2 Å². The van der Waals surface area contributed by atoms with E-state index in [-0.39, 0.29) is 18.7 Å². The summed E-state index contributed by atoms with van der Waals surface area (Å²) in [6.45, 7) is -0.676. The zero-order valence-corrected chi connectivity index (χ0v) is 23.6. The number of carbonyl (C=O) groups is 2. The van der Waals surface area contributed by atoms with Gasteiger partial charge in [0.05, 0.1) is 35.6 Å². The smallest absolute Gasteiger partial charge is 0.252 e. The average Bonchev–Trinajstić information content (AvgIpc) is 3.78. The highest BCUT2D eigenvalue weighted by atomic mass is 16.3. The molecule has 0 bridgehead atoms. The number of aliphatic hydroxyl groups excluding tert-OH is 2. The van der Waals surface area contributed by atoms with E-state index >= 15 is 0 Å². The summed E-state index contributed by atoms with van der Waals surface area (Å²) >= 11 is 0. The third-order valence-electron chi connectivity index (χ3n) is 8.19. The summed E-state index contributed by atoms with van der Waals surface area (Å²) in [5.74, 6) is -0.0829. The summed E-state index contributed by atoms with van der Waals surface area (Å²) < 4.78 is 7.61. The van der Waals surface area contributed by atoms with Crippen LogP contribution >= 0.6 is 0 Å². The molecule has 0 aliphatic heterocycles. The van der Waals surface area contributed by atoms with Crippen molar-refractivity contribution in [3.63, 3.8) is 0 Å². The number of aromatic hydroxyl groups is 1. The number of hydrogen-bond donors (Lipinski definition) is 6. The Morgan fingerprint density at radius 2 is 1.95 bits per heavy atom. The van der Waals surface area contributed by atoms with Gasteiger partial charge in [-0.25, -0.2) is 4.98 Å². The third kappa shape index (κ3) is 5.99. The van der Waals surface area contributed by atoms with Crippen LogP contribution in [0.2, 0.25) is 0 Å². The normalized spacial score (nSPS) is 15.5. The van der Waals surface area contributed by atoms with E-state index in [1.807, 2.05) is 12.1 Å². The number of benzene rings is 2. The molecule has 1 saturated carbocycles. The second kappa shape index (κ2) is 12.3. The van der Waals surface area contributed by atoms with Crippen LogP contribution in [-0.4, -0.2) is 67.0 Å². The molecule has 0 spiro atoms. The van der Waals surface area contributed by atoms with Crippen LogP contribution in [0.4, 0.5) is 0 Å². The number of nitrogens with zero attached hydrogens (tertiary/aromatic N) is 2. The first-order valence-electron chi connectivity index (χ1n) is 14.6. The standard InChI is InChI=1S/C32H35N5O6/c38-17-24(40)16-34-32(42)28(13-21-15-33-26-8-7-23(39)14-25(21)26)36-31(41)19-6-9-29-27(12-19)35-30(20-10-11-43-18-20)37(29)22-4-2-1-3-5-22/h6-12,14-15,18,22,24,28,33,38-40H,1-5,13,16-17H2,(H,34,42)(H,36,41)/t24-,28?/m0/s1. The molecular formula is C32H35N5O6. The van der Waals surface area contributed by atoms with Crippen molar-refractivity contribution in [2.45, 2.75) is 56.7 Å². The Labute approximate surface area is 247 Å². The minimum Gasteiger partial charge on any atom is -0.508 e. The monoisotopic (exact) mass is 585 g/mol. The van der Waals surface area contributed by atoms with Crippen LogP contribution in [0.15, 0.2) is 65.6 Å². The lowest BCUT2D eigenvalue weighted by molar-refractivity contribution is -0.123. The fourth-order valence-electron chi connectivity index (χ4n) is 5.96. The third-order valence-corrected chi connectivity index (χ3v) is 8.19. The van der Waals surface area contributed by atoms with Gasteiger partial charge in [0.1, 0.15) is 23.9 Å². The van der Waals surface area contributed by atoms with Gasteiger partial charge in [0.25, 0.3) is 5.91 Å². The number of rotatable bonds is 10. The Bertz CT molecular complexity index is 1730. The summed E-state index contributed by atoms with van der Waals surface area (Å²) in [6, 6.07) is 11.5. The summed E-state index contributed by atoms with van der Waals surface area (Å²) in [5.41, 5.74) is 4.34. The number of hydrogen-bond acceptors (Lipinski definition) is 7. The number of H-pyrrole nitrogens is 1. The van der Waals surface area contributed by atoms with Crippen LogP contribution < -0.4 is 10.6 Å². The quantitative estimate of drug-likeness (QED) is 0.145. The number of furan rings is 1. The predicted molar refractivity (Wildman–Crippen MR) is 161 cm³/mol. The van der Waals surface area contributed by atoms with Gasteiger partial charge in [-0.1, -0.05) is 19.3 Å². The van der Waals surface area contributed by atoms with Gasteiger partial charge in [-0.15, -0.1) is 0 Å². The van der Waals surface area contributed by atoms with Crippen molar-refractivity contribution >= 4 is 33.8 Å². The van der Waals surface area contributed by atoms with E-state index in [1.54, 1.807) is 49.1 Å². The molecule has 2 aromatic carbocycles. The van der Waals surface area contributed by atoms with Crippen molar-refractivity contribution < 1.29 is 29.3 Å². The largest absolute Gasteiger partial charge is 0.508 e. The van der Waals surface area contributed by atoms with Crippen molar-refractivity contribution in [2.75, 3.05) is 13.2 Å². The second-order valence-electron chi connectivity index (χ2n) is 11.2. The first kappa shape index (κ1) is 28.5. The van der Waals surface area contributed by atoms with E-state index in [0.717, 1.165) is 59.1 Å². The molecule has 6 N–H and O–H groups in total. The number of aromatic nitrogens is 3. The maximum atomic E-state index is 13.6. The molecular weight excluding hydrogens is 550 g/mol. The van der Waals surface area contributed by atoms with Crippen LogP contribution in [0.25, 0.3) is 33.3 Å². The highest BCUT2D eigenvalue weighted by Gasteiger charge is 2.26. The molecule has 11 nitrogen and oxygen atoms in total. The Balaban J connectivity index is 1.30. The van der Waals surface area contributed by atoms with Gasteiger partial charge in [-0.2, -0.15) is 0 Å². The SMILES string of the molecule is O=C(NC(Cc1c[nH]c2ccc(O)cc12)C(=O)NC[C@H](O)CO)c1ccc2c(c1)nc(-c1ccoc1)n2C1CCCCC1. The molecule has 0 radical (unpaired) electrons. The van der Waals surface area contributed by atoms with Crippen LogP contribution in [0.1, 0.15) is 54.1 Å². The zero-order chi connectivity index (χ0) is 29.9. The molecule has 2 amide bonds. The maximum absolute atomic E-state index is 13.6. The van der Waals surface area contributed by atoms with E-state index in [9.17, 15) is 24.9 Å². The number of carbonyl (C=O) groups excluding carboxylic acids is 2. The van der Waals surface area contributed by atoms with Gasteiger partial charge in [0.2, 0.25) is 5.91 Å². The molecule has 3 heterocycles. The van der Waals surface area contributed by atoms with Crippen LogP contribution in [0, 0.1) is 0 Å². The lowest BCUT2D eigenvalue weighted by Crippen LogP contribution is -2.49. The molecule has 1 aliphatic rings. The number of imidazole rings is 1. The van der Waals surface area contributed by atoms with E-state index in [4.69, 9.17) is 9.40 Å². The highest BCUT2D eigenvalue weighted by molar-refractivity contribution is 6.00. The number of aromatic amines is 1. The molecule has 6 rings (SSSR count). The molecule has 224 valence electrons. The van der Waals surface area contributed by atoms with Crippen molar-refractivity contribution in [1.82, 2.24) is 25.2 Å². The number of phenolic OH excluding ortho intramolecular Hbond substituents is 1. The maximum Gasteiger partial charge on any atom is 0.252 e. The minimum atomic E-state index is -1.13. The van der Waals surface area contributed by atoms with Crippen molar-refractivity contribution in [1.29, 1.82) is 0 Å². The first-order chi connectivity index (χ1) is 20.9. The van der Waals surface area contributed by atoms with Crippen LogP contribution in [0.3, 0.4) is 0 Å². The predicted octanol–water partition coefficient (Wildman–Crippen LogP) is 3.80. The molecule has 5 aromatic rings. The Kier molecular flexibility index (Phi) is 8.17. The van der Waals surface area contributed by atoms with Gasteiger partial charge in [-0.3, -0.25) is 9.59 Å². The molecule has 3 aromatic heterocycles. The lowest BCUT2D eigenvalue weighted by Gasteiger charge is -2.25. The van der Waals surface area contributed by atoms with Gasteiger partial charge in [-0.05, 0) is 60.9 Å². The summed E-state index contributed by atoms with van der Waals surface area (Å²) in [6.07, 6.45) is 9.69. The fourth-order valence-corrected chi connectivity index (χ4v) is 5.96. The summed E-state index contributed by atoms with van der Waals surface area (Å²) in [4.78, 5) is 34.8. The number of fused-ring (bicyclic) bond motifs is 2. The Morgan fingerprint density at radius 1 is 1.12 bits per heavy atom. The minimum absolute atomic E-state index is 0.0835. The first-order valence-corrected chi connectivity index (χ1v) is 14.6. The summed E-state index contributed by atoms with van der Waals surface area (Å²) in [5, 5.41) is 35.1. The molecule has 43 heavy (non-hydrogen) atoms. The number of nitrogens with one attached hydrogen (secondary N) is 3. The van der Waals surface area contributed by atoms with E-state index < -0.39 is 30.6 Å². The number of aliphatic hydroxyl groups is 2. The Morgan fingerprint density at radius 3 is 2.72 bits per heavy atom. The van der Waals surface area contributed by atoms with Gasteiger partial charge >= 0.3 is 0 Å². The number of phenols is 1. The molecule has 1 fully saturated rings. The van der Waals surface area contributed by atoms with Crippen molar-refractivity contribution in [3.8, 4) is 17.1 Å². The molecule has 1 aliphatic carbocycles. The fraction of sp³-hybridized carbons (Fsp3) is 0.344. The van der Waals surface area contributed by atoms with Gasteiger partial charge < -0.3 is 39.9 Å². The van der Waals surface area contributed by atoms with Gasteiger partial charge in [0.15, 0.2) is 0 Å². The van der Waals surface area contributed by atoms with Crippen LogP contribution in [0.5, 0.6) is 5.75 Å². The second-order valence-corrected chi connectivity index (χ2v) is 11.2. The topological polar surface area (TPSA) is 166 Å². The van der Waals surface area contributed by atoms with E-state index in [0.29, 0.717) is 17.1 Å². The lowest BCUT2D eigenvalue weighted by atomic mass is 9.95. The van der Waals surface area contributed by atoms with Crippen LogP contribution in [-0.2, 0) is 11.2 Å². The van der Waals surface area contributed by atoms with Gasteiger partial charge in [0, 0.05) is 41.7 Å². The molecule has 11 heteroatoms. The molecule has 0 saturated heterocycles. The molecule has 2 atom stereocenters. The van der Waals surface area contributed by atoms with E-state index in [1.165, 1.54) is 6.42 Å². The van der Waals surface area contributed by atoms with Crippen molar-refractivity contribution in [2.24, 2.45) is 0 Å². The average molecular weight is 586 g/mol. The Hall–Kier alpha value is -4.61. The number of amides is 2.